The second kappa shape index (κ2) is 19.6. The van der Waals surface area contributed by atoms with E-state index in [1.54, 1.807) is 0 Å². The van der Waals surface area contributed by atoms with Crippen molar-refractivity contribution in [3.05, 3.63) is 0 Å². The molecule has 4 heavy (non-hydrogen) atoms. The van der Waals surface area contributed by atoms with Crippen LogP contribution in [0.15, 0.2) is 0 Å². The van der Waals surface area contributed by atoms with Gasteiger partial charge in [0.05, 0.1) is 0 Å². The molecule has 0 N–H and O–H groups in total. The van der Waals surface area contributed by atoms with Crippen molar-refractivity contribution in [1.29, 1.82) is 0 Å². The van der Waals surface area contributed by atoms with Crippen LogP contribution in [-0.2, 0) is 34.1 Å². The SMILES string of the molecule is [Cu].[Fe+3].[H-].[Li+].[P-3]. The molecule has 0 rings (SSSR count). The van der Waals surface area contributed by atoms with Crippen LogP contribution in [-0.4, -0.2) is 0 Å². The van der Waals surface area contributed by atoms with Gasteiger partial charge in [-0.2, -0.15) is 0 Å². The van der Waals surface area contributed by atoms with Gasteiger partial charge < -0.3 is 11.3 Å². The van der Waals surface area contributed by atoms with E-state index in [0.717, 1.165) is 0 Å². The molecule has 0 bridgehead atoms. The first kappa shape index (κ1) is 36.5. The molecule has 0 aromatic heterocycles. The Labute approximate surface area is 64.1 Å². The van der Waals surface area contributed by atoms with Gasteiger partial charge in [-0.3, -0.25) is 0 Å². The van der Waals surface area contributed by atoms with E-state index in [2.05, 4.69) is 0 Å². The van der Waals surface area contributed by atoms with Gasteiger partial charge in [-0.25, -0.2) is 0 Å². The standard InChI is InChI=1S/Cu.Fe.Li.P.H/q;+3;+1;-3;-1. The number of hydrogen-bond donors (Lipinski definition) is 0. The van der Waals surface area contributed by atoms with Crippen LogP contribution in [0, 0.1) is 0 Å². The van der Waals surface area contributed by atoms with E-state index >= 15 is 0 Å². The van der Waals surface area contributed by atoms with Gasteiger partial charge in [-0.15, -0.1) is 0 Å². The molecule has 0 saturated heterocycles. The Balaban J connectivity index is 0. The average Bonchev–Trinajstić information content (AvgIpc) is 0. The predicted molar refractivity (Wildman–Crippen MR) is 8.03 cm³/mol. The van der Waals surface area contributed by atoms with Crippen molar-refractivity contribution in [2.75, 3.05) is 0 Å². The van der Waals surface area contributed by atoms with Gasteiger partial charge in [-0.05, 0) is 0 Å². The minimum absolute atomic E-state index is 0. The molecule has 0 aliphatic heterocycles. The second-order valence-electron chi connectivity index (χ2n) is 0. The molecule has 0 unspecified atom stereocenters. The molecule has 4 heteroatoms. The maximum Gasteiger partial charge on any atom is 3.00 e. The molecule has 0 aliphatic rings. The third kappa shape index (κ3) is 8.95. The number of hydrogen-bond acceptors (Lipinski definition) is 0. The van der Waals surface area contributed by atoms with Crippen LogP contribution in [0.25, 0.3) is 0 Å². The van der Waals surface area contributed by atoms with Crippen LogP contribution in [0.1, 0.15) is 1.43 Å². The maximum atomic E-state index is 0. The molecule has 0 aromatic carbocycles. The first-order valence-electron chi connectivity index (χ1n) is 0. The Morgan fingerprint density at radius 2 is 1.25 bits per heavy atom. The summed E-state index contributed by atoms with van der Waals surface area (Å²) >= 11 is 0. The Hall–Kier alpha value is 2.07. The van der Waals surface area contributed by atoms with Gasteiger partial charge in [0.2, 0.25) is 0 Å². The first-order chi connectivity index (χ1) is 0. The van der Waals surface area contributed by atoms with Crippen LogP contribution >= 0.6 is 9.90 Å². The summed E-state index contributed by atoms with van der Waals surface area (Å²) in [5, 5.41) is 0. The van der Waals surface area contributed by atoms with Crippen molar-refractivity contribution >= 4 is 9.90 Å². The van der Waals surface area contributed by atoms with Gasteiger partial charge >= 0.3 is 35.9 Å². The van der Waals surface area contributed by atoms with E-state index < -0.39 is 0 Å². The zero-order chi connectivity index (χ0) is 0. The van der Waals surface area contributed by atoms with E-state index in [0.29, 0.717) is 0 Å². The van der Waals surface area contributed by atoms with Crippen molar-refractivity contribution in [2.24, 2.45) is 0 Å². The van der Waals surface area contributed by atoms with Crippen molar-refractivity contribution in [2.45, 2.75) is 0 Å². The average molecular weight is 158 g/mol. The Morgan fingerprint density at radius 3 is 1.25 bits per heavy atom. The predicted octanol–water partition coefficient (Wildman–Crippen LogP) is -2.03. The first-order valence-corrected chi connectivity index (χ1v) is 0. The molecule has 0 fully saturated rings. The summed E-state index contributed by atoms with van der Waals surface area (Å²) < 4.78 is 0. The molecule has 26 valence electrons. The summed E-state index contributed by atoms with van der Waals surface area (Å²) in [6.07, 6.45) is 0. The molecule has 0 spiro atoms. The zero-order valence-corrected chi connectivity index (χ0v) is 5.04. The molecule has 0 saturated carbocycles. The fourth-order valence-corrected chi connectivity index (χ4v) is 0. The van der Waals surface area contributed by atoms with Crippen molar-refractivity contribution in [3.8, 4) is 0 Å². The van der Waals surface area contributed by atoms with Gasteiger partial charge in [0, 0.05) is 17.1 Å². The summed E-state index contributed by atoms with van der Waals surface area (Å²) in [5.41, 5.74) is 0. The van der Waals surface area contributed by atoms with Gasteiger partial charge in [0.15, 0.2) is 0 Å². The summed E-state index contributed by atoms with van der Waals surface area (Å²) in [4.78, 5) is 0. The summed E-state index contributed by atoms with van der Waals surface area (Å²) in [6.45, 7) is 0. The summed E-state index contributed by atoms with van der Waals surface area (Å²) in [7, 11) is 0. The second-order valence-corrected chi connectivity index (χ2v) is 0. The van der Waals surface area contributed by atoms with E-state index in [1.807, 2.05) is 0 Å². The molecule has 0 aliphatic carbocycles. The maximum absolute atomic E-state index is 0. The van der Waals surface area contributed by atoms with E-state index in [4.69, 9.17) is 0 Å². The third-order valence-corrected chi connectivity index (χ3v) is 0. The molecule has 0 atom stereocenters. The van der Waals surface area contributed by atoms with Crippen LogP contribution in [0.3, 0.4) is 0 Å². The molecular formula is HCuFeLiP. The zero-order valence-electron chi connectivity index (χ0n) is 3.10. The van der Waals surface area contributed by atoms with Crippen LogP contribution in [0.2, 0.25) is 0 Å². The summed E-state index contributed by atoms with van der Waals surface area (Å²) in [5.74, 6) is 0. The van der Waals surface area contributed by atoms with Gasteiger partial charge in [-0.1, -0.05) is 0 Å². The minimum atomic E-state index is 0. The Kier molecular flexibility index (Phi) is 179. The molecular weight excluding hydrogens is 157 g/mol. The monoisotopic (exact) mass is 158 g/mol. The molecule has 0 nitrogen and oxygen atoms in total. The minimum Gasteiger partial charge on any atom is -3.00 e. The van der Waals surface area contributed by atoms with Crippen LogP contribution in [0.5, 0.6) is 0 Å². The smallest absolute Gasteiger partial charge is 3.00 e. The van der Waals surface area contributed by atoms with E-state index in [9.17, 15) is 0 Å². The fraction of sp³-hybridized carbons (Fsp3) is 0. The van der Waals surface area contributed by atoms with Crippen LogP contribution in [0.4, 0.5) is 0 Å². The topological polar surface area (TPSA) is 0 Å². The fourth-order valence-electron chi connectivity index (χ4n) is 0. The third-order valence-electron chi connectivity index (χ3n) is 0. The normalized spacial score (nSPS) is 0. The molecule has 2 radical (unpaired) electrons. The molecule has 0 amide bonds. The van der Waals surface area contributed by atoms with Crippen molar-refractivity contribution in [3.63, 3.8) is 0 Å². The molecule has 0 aromatic rings. The van der Waals surface area contributed by atoms with Crippen molar-refractivity contribution < 1.29 is 54.4 Å². The summed E-state index contributed by atoms with van der Waals surface area (Å²) in [6, 6.07) is 0. The van der Waals surface area contributed by atoms with Gasteiger partial charge in [0.25, 0.3) is 0 Å². The van der Waals surface area contributed by atoms with Crippen LogP contribution < -0.4 is 18.9 Å². The van der Waals surface area contributed by atoms with E-state index in [1.165, 1.54) is 0 Å². The van der Waals surface area contributed by atoms with Gasteiger partial charge in [0.1, 0.15) is 0 Å². The van der Waals surface area contributed by atoms with E-state index in [-0.39, 0.29) is 64.3 Å². The quantitative estimate of drug-likeness (QED) is 0.282. The Morgan fingerprint density at radius 1 is 1.25 bits per heavy atom. The largest absolute Gasteiger partial charge is 3.00 e. The number of rotatable bonds is 0. The Bertz CT molecular complexity index is 11.6. The molecule has 0 heterocycles. The van der Waals surface area contributed by atoms with Crippen molar-refractivity contribution in [1.82, 2.24) is 0 Å².